The zero-order chi connectivity index (χ0) is 15.3. The van der Waals surface area contributed by atoms with Crippen molar-refractivity contribution in [2.45, 2.75) is 36.4 Å². The molecule has 1 aromatic rings. The van der Waals surface area contributed by atoms with Crippen LogP contribution in [0.1, 0.15) is 18.4 Å². The quantitative estimate of drug-likeness (QED) is 0.926. The van der Waals surface area contributed by atoms with Crippen LogP contribution < -0.4 is 5.32 Å². The molecular weight excluding hydrogens is 305 g/mol. The Morgan fingerprint density at radius 3 is 2.62 bits per heavy atom. The van der Waals surface area contributed by atoms with Gasteiger partial charge < -0.3 is 5.32 Å². The summed E-state index contributed by atoms with van der Waals surface area (Å²) in [6.07, 6.45) is -2.77. The number of rotatable bonds is 4. The summed E-state index contributed by atoms with van der Waals surface area (Å²) in [7, 11) is -4.12. The van der Waals surface area contributed by atoms with Crippen molar-refractivity contribution in [2.75, 3.05) is 18.4 Å². The number of alkyl halides is 3. The zero-order valence-corrected chi connectivity index (χ0v) is 12.0. The van der Waals surface area contributed by atoms with E-state index < -0.39 is 28.8 Å². The van der Waals surface area contributed by atoms with Gasteiger partial charge in [0.15, 0.2) is 0 Å². The minimum atomic E-state index is -4.54. The van der Waals surface area contributed by atoms with Gasteiger partial charge in [-0.3, -0.25) is 0 Å². The fraction of sp³-hybridized carbons (Fsp3) is 0.538. The van der Waals surface area contributed by atoms with E-state index in [-0.39, 0.29) is 4.90 Å². The molecule has 2 aliphatic rings. The van der Waals surface area contributed by atoms with Crippen molar-refractivity contribution in [3.63, 3.8) is 0 Å². The van der Waals surface area contributed by atoms with Crippen LogP contribution in [-0.4, -0.2) is 38.0 Å². The van der Waals surface area contributed by atoms with Gasteiger partial charge in [0.05, 0.1) is 4.90 Å². The number of sulfonamides is 1. The first-order chi connectivity index (χ1) is 9.77. The molecule has 0 saturated heterocycles. The maximum absolute atomic E-state index is 12.6. The summed E-state index contributed by atoms with van der Waals surface area (Å²) in [4.78, 5) is -0.0770. The molecule has 1 aliphatic carbocycles. The van der Waals surface area contributed by atoms with Gasteiger partial charge in [0.1, 0.15) is 6.54 Å². The zero-order valence-electron chi connectivity index (χ0n) is 11.2. The molecule has 21 heavy (non-hydrogen) atoms. The number of halogens is 3. The highest BCUT2D eigenvalue weighted by Crippen LogP contribution is 2.36. The molecule has 1 saturated carbocycles. The average Bonchev–Trinajstić information content (AvgIpc) is 3.11. The third kappa shape index (κ3) is 3.01. The molecule has 8 heteroatoms. The second-order valence-electron chi connectivity index (χ2n) is 5.39. The Labute approximate surface area is 121 Å². The van der Waals surface area contributed by atoms with Crippen molar-refractivity contribution < 1.29 is 21.6 Å². The standard InChI is InChI=1S/C13H15F3N2O2S/c14-13(15,16)8-18(10-2-3-10)21(19,20)11-4-1-9-5-6-17-12(9)7-11/h1,4,7,10,17H,2-3,5-6,8H2. The minimum absolute atomic E-state index is 0.0770. The lowest BCUT2D eigenvalue weighted by Crippen LogP contribution is -2.40. The number of nitrogens with zero attached hydrogens (tertiary/aromatic N) is 1. The highest BCUT2D eigenvalue weighted by molar-refractivity contribution is 7.89. The Morgan fingerprint density at radius 1 is 1.29 bits per heavy atom. The van der Waals surface area contributed by atoms with Gasteiger partial charge in [-0.15, -0.1) is 0 Å². The summed E-state index contributed by atoms with van der Waals surface area (Å²) in [5.74, 6) is 0. The molecular formula is C13H15F3N2O2S. The Balaban J connectivity index is 1.94. The van der Waals surface area contributed by atoms with Crippen molar-refractivity contribution >= 4 is 15.7 Å². The summed E-state index contributed by atoms with van der Waals surface area (Å²) >= 11 is 0. The van der Waals surface area contributed by atoms with E-state index >= 15 is 0 Å². The molecule has 116 valence electrons. The van der Waals surface area contributed by atoms with E-state index in [1.165, 1.54) is 12.1 Å². The minimum Gasteiger partial charge on any atom is -0.384 e. The molecule has 1 N–H and O–H groups in total. The third-order valence-electron chi connectivity index (χ3n) is 3.69. The van der Waals surface area contributed by atoms with Gasteiger partial charge in [-0.1, -0.05) is 6.07 Å². The van der Waals surface area contributed by atoms with Crippen LogP contribution >= 0.6 is 0 Å². The maximum atomic E-state index is 12.6. The van der Waals surface area contributed by atoms with Crippen molar-refractivity contribution in [2.24, 2.45) is 0 Å². The second kappa shape index (κ2) is 4.88. The van der Waals surface area contributed by atoms with Gasteiger partial charge in [0.2, 0.25) is 10.0 Å². The van der Waals surface area contributed by atoms with E-state index in [1.54, 1.807) is 6.07 Å². The van der Waals surface area contributed by atoms with E-state index in [0.29, 0.717) is 29.4 Å². The van der Waals surface area contributed by atoms with Crippen LogP contribution in [-0.2, 0) is 16.4 Å². The van der Waals surface area contributed by atoms with Crippen molar-refractivity contribution in [3.05, 3.63) is 23.8 Å². The lowest BCUT2D eigenvalue weighted by Gasteiger charge is -2.23. The predicted molar refractivity (Wildman–Crippen MR) is 71.6 cm³/mol. The Kier molecular flexibility index (Phi) is 3.40. The molecule has 0 spiro atoms. The molecule has 0 bridgehead atoms. The van der Waals surface area contributed by atoms with E-state index in [9.17, 15) is 21.6 Å². The first-order valence-electron chi connectivity index (χ1n) is 6.73. The summed E-state index contributed by atoms with van der Waals surface area (Å²) in [6.45, 7) is -0.710. The number of hydrogen-bond donors (Lipinski definition) is 1. The Bertz CT molecular complexity index is 654. The molecule has 0 aromatic heterocycles. The number of nitrogens with one attached hydrogen (secondary N) is 1. The van der Waals surface area contributed by atoms with Gasteiger partial charge in [-0.2, -0.15) is 17.5 Å². The topological polar surface area (TPSA) is 49.4 Å². The number of benzene rings is 1. The second-order valence-corrected chi connectivity index (χ2v) is 7.28. The first-order valence-corrected chi connectivity index (χ1v) is 8.17. The molecule has 1 heterocycles. The van der Waals surface area contributed by atoms with Crippen molar-refractivity contribution in [3.8, 4) is 0 Å². The summed E-state index contributed by atoms with van der Waals surface area (Å²) in [6, 6.07) is 3.97. The number of fused-ring (bicyclic) bond motifs is 1. The highest BCUT2D eigenvalue weighted by Gasteiger charge is 2.44. The molecule has 1 aliphatic heterocycles. The van der Waals surface area contributed by atoms with Crippen LogP contribution in [0, 0.1) is 0 Å². The van der Waals surface area contributed by atoms with E-state index in [2.05, 4.69) is 5.32 Å². The smallest absolute Gasteiger partial charge is 0.384 e. The van der Waals surface area contributed by atoms with Crippen LogP contribution in [0.3, 0.4) is 0 Å². The molecule has 1 aromatic carbocycles. The Hall–Kier alpha value is -1.28. The van der Waals surface area contributed by atoms with Crippen molar-refractivity contribution in [1.82, 2.24) is 4.31 Å². The largest absolute Gasteiger partial charge is 0.402 e. The van der Waals surface area contributed by atoms with E-state index in [1.807, 2.05) is 0 Å². The highest BCUT2D eigenvalue weighted by atomic mass is 32.2. The predicted octanol–water partition coefficient (Wildman–Crippen LogP) is 2.37. The maximum Gasteiger partial charge on any atom is 0.402 e. The van der Waals surface area contributed by atoms with E-state index in [0.717, 1.165) is 12.0 Å². The van der Waals surface area contributed by atoms with Gasteiger partial charge in [-0.25, -0.2) is 8.42 Å². The van der Waals surface area contributed by atoms with Gasteiger partial charge in [-0.05, 0) is 37.0 Å². The van der Waals surface area contributed by atoms with E-state index in [4.69, 9.17) is 0 Å². The van der Waals surface area contributed by atoms with Crippen LogP contribution in [0.15, 0.2) is 23.1 Å². The van der Waals surface area contributed by atoms with Crippen molar-refractivity contribution in [1.29, 1.82) is 0 Å². The summed E-state index contributed by atoms with van der Waals surface area (Å²) in [5.41, 5.74) is 1.68. The van der Waals surface area contributed by atoms with Crippen LogP contribution in [0.25, 0.3) is 0 Å². The monoisotopic (exact) mass is 320 g/mol. The molecule has 0 radical (unpaired) electrons. The van der Waals surface area contributed by atoms with Gasteiger partial charge in [0, 0.05) is 18.3 Å². The van der Waals surface area contributed by atoms with Gasteiger partial charge in [0.25, 0.3) is 0 Å². The molecule has 3 rings (SSSR count). The number of anilines is 1. The molecule has 4 nitrogen and oxygen atoms in total. The SMILES string of the molecule is O=S(=O)(c1ccc2c(c1)NCC2)N(CC(F)(F)F)C1CC1. The first kappa shape index (κ1) is 14.6. The fourth-order valence-corrected chi connectivity index (χ4v) is 4.21. The van der Waals surface area contributed by atoms with Crippen LogP contribution in [0.4, 0.5) is 18.9 Å². The normalized spacial score (nSPS) is 18.7. The van der Waals surface area contributed by atoms with Crippen LogP contribution in [0.5, 0.6) is 0 Å². The summed E-state index contributed by atoms with van der Waals surface area (Å²) < 4.78 is 63.5. The van der Waals surface area contributed by atoms with Gasteiger partial charge >= 0.3 is 6.18 Å². The molecule has 0 unspecified atom stereocenters. The third-order valence-corrected chi connectivity index (χ3v) is 5.58. The summed E-state index contributed by atoms with van der Waals surface area (Å²) in [5, 5.41) is 3.04. The Morgan fingerprint density at radius 2 is 2.00 bits per heavy atom. The molecule has 1 fully saturated rings. The van der Waals surface area contributed by atoms with Crippen LogP contribution in [0.2, 0.25) is 0 Å². The number of hydrogen-bond acceptors (Lipinski definition) is 3. The lowest BCUT2D eigenvalue weighted by molar-refractivity contribution is -0.137. The average molecular weight is 320 g/mol. The fourth-order valence-electron chi connectivity index (χ4n) is 2.52. The molecule has 0 atom stereocenters. The molecule has 0 amide bonds. The lowest BCUT2D eigenvalue weighted by atomic mass is 10.2.